The number of aromatic nitrogens is 2. The number of hydrogen-bond acceptors (Lipinski definition) is 6. The maximum Gasteiger partial charge on any atom is 0.338 e. The van der Waals surface area contributed by atoms with Crippen molar-refractivity contribution in [2.24, 2.45) is 4.99 Å². The Bertz CT molecular complexity index is 2350. The van der Waals surface area contributed by atoms with E-state index < -0.39 is 12.0 Å². The van der Waals surface area contributed by atoms with Crippen LogP contribution in [0.25, 0.3) is 34.3 Å². The van der Waals surface area contributed by atoms with E-state index in [4.69, 9.17) is 9.73 Å². The summed E-state index contributed by atoms with van der Waals surface area (Å²) in [5.74, 6) is -0.469. The normalized spacial score (nSPS) is 14.6. The first-order chi connectivity index (χ1) is 23.8. The second kappa shape index (κ2) is 13.7. The van der Waals surface area contributed by atoms with Crippen molar-refractivity contribution in [2.75, 3.05) is 6.26 Å². The lowest BCUT2D eigenvalue weighted by molar-refractivity contribution is -0.143. The topological polar surface area (TPSA) is 65.6 Å². The van der Waals surface area contributed by atoms with Gasteiger partial charge >= 0.3 is 5.97 Å². The lowest BCUT2D eigenvalue weighted by Gasteiger charge is -2.25. The Kier molecular flexibility index (Phi) is 9.08. The van der Waals surface area contributed by atoms with Crippen molar-refractivity contribution in [3.8, 4) is 28.2 Å². The molecule has 1 aliphatic heterocycles. The molecule has 0 fully saturated rings. The Morgan fingerprint density at radius 2 is 1.49 bits per heavy atom. The highest BCUT2D eigenvalue weighted by Gasteiger charge is 2.34. The van der Waals surface area contributed by atoms with Crippen molar-refractivity contribution in [3.63, 3.8) is 0 Å². The van der Waals surface area contributed by atoms with E-state index in [1.165, 1.54) is 11.3 Å². The fourth-order valence-corrected chi connectivity index (χ4v) is 7.75. The lowest BCUT2D eigenvalue weighted by atomic mass is 9.96. The molecular formula is C41H35N3O3S2. The highest BCUT2D eigenvalue weighted by molar-refractivity contribution is 7.98. The molecule has 0 radical (unpaired) electrons. The third-order valence-electron chi connectivity index (χ3n) is 8.46. The van der Waals surface area contributed by atoms with Gasteiger partial charge in [-0.1, -0.05) is 102 Å². The van der Waals surface area contributed by atoms with E-state index in [1.54, 1.807) is 16.3 Å². The van der Waals surface area contributed by atoms with Crippen LogP contribution in [-0.4, -0.2) is 27.5 Å². The summed E-state index contributed by atoms with van der Waals surface area (Å²) in [6.45, 7) is 5.46. The number of benzene rings is 4. The van der Waals surface area contributed by atoms with Crippen LogP contribution in [0.3, 0.4) is 0 Å². The minimum absolute atomic E-state index is 0.210. The molecule has 0 amide bonds. The fraction of sp³-hybridized carbons (Fsp3) is 0.146. The number of ether oxygens (including phenoxy) is 1. The highest BCUT2D eigenvalue weighted by atomic mass is 32.2. The van der Waals surface area contributed by atoms with E-state index >= 15 is 0 Å². The van der Waals surface area contributed by atoms with Crippen LogP contribution in [0.5, 0.6) is 0 Å². The van der Waals surface area contributed by atoms with E-state index in [0.717, 1.165) is 44.2 Å². The summed E-state index contributed by atoms with van der Waals surface area (Å²) >= 11 is 2.97. The Morgan fingerprint density at radius 1 is 0.878 bits per heavy atom. The third-order valence-corrected chi connectivity index (χ3v) is 10.2. The SMILES string of the molecule is CSc1ccc([C@@H]2C(C(=O)OC(C)C)=C(C)N=c3s/c(=C\c4cc(-c5ccccc5)n(-c5ccccc5)c4-c4ccccc4)c(=O)n32)cc1. The van der Waals surface area contributed by atoms with Gasteiger partial charge in [0.25, 0.3) is 5.56 Å². The van der Waals surface area contributed by atoms with Crippen LogP contribution < -0.4 is 14.9 Å². The predicted octanol–water partition coefficient (Wildman–Crippen LogP) is 8.03. The van der Waals surface area contributed by atoms with Crippen LogP contribution in [0.4, 0.5) is 0 Å². The summed E-state index contributed by atoms with van der Waals surface area (Å²) in [4.78, 5) is 34.6. The largest absolute Gasteiger partial charge is 0.459 e. The van der Waals surface area contributed by atoms with Crippen molar-refractivity contribution in [2.45, 2.75) is 37.8 Å². The van der Waals surface area contributed by atoms with E-state index in [9.17, 15) is 9.59 Å². The zero-order valence-electron chi connectivity index (χ0n) is 27.7. The number of hydrogen-bond donors (Lipinski definition) is 0. The number of para-hydroxylation sites is 1. The van der Waals surface area contributed by atoms with Crippen molar-refractivity contribution in [3.05, 3.63) is 163 Å². The van der Waals surface area contributed by atoms with E-state index in [-0.39, 0.29) is 11.7 Å². The number of nitrogens with zero attached hydrogens (tertiary/aromatic N) is 3. The van der Waals surface area contributed by atoms with Gasteiger partial charge in [-0.3, -0.25) is 9.36 Å². The first kappa shape index (κ1) is 32.4. The molecule has 6 aromatic rings. The van der Waals surface area contributed by atoms with Gasteiger partial charge in [0.1, 0.15) is 0 Å². The Hall–Kier alpha value is -5.18. The maximum atomic E-state index is 14.6. The Labute approximate surface area is 293 Å². The maximum absolute atomic E-state index is 14.6. The second-order valence-electron chi connectivity index (χ2n) is 12.0. The van der Waals surface area contributed by atoms with Gasteiger partial charge in [0.2, 0.25) is 0 Å². The lowest BCUT2D eigenvalue weighted by Crippen LogP contribution is -2.40. The quantitative estimate of drug-likeness (QED) is 0.121. The molecule has 2 aromatic heterocycles. The average Bonchev–Trinajstić information content (AvgIpc) is 3.65. The highest BCUT2D eigenvalue weighted by Crippen LogP contribution is 2.37. The van der Waals surface area contributed by atoms with Crippen molar-refractivity contribution < 1.29 is 9.53 Å². The monoisotopic (exact) mass is 681 g/mol. The minimum Gasteiger partial charge on any atom is -0.459 e. The molecule has 6 nitrogen and oxygen atoms in total. The van der Waals surface area contributed by atoms with Gasteiger partial charge in [-0.2, -0.15) is 0 Å². The molecule has 8 heteroatoms. The molecule has 0 bridgehead atoms. The number of thioether (sulfide) groups is 1. The zero-order valence-corrected chi connectivity index (χ0v) is 29.3. The van der Waals surface area contributed by atoms with E-state index in [1.807, 2.05) is 112 Å². The molecule has 0 saturated carbocycles. The summed E-state index contributed by atoms with van der Waals surface area (Å²) < 4.78 is 10.1. The van der Waals surface area contributed by atoms with Crippen LogP contribution in [0.1, 0.15) is 37.9 Å². The van der Waals surface area contributed by atoms with Gasteiger partial charge in [0, 0.05) is 16.1 Å². The molecule has 0 spiro atoms. The molecular weight excluding hydrogens is 647 g/mol. The Balaban J connectivity index is 1.49. The third kappa shape index (κ3) is 6.25. The Morgan fingerprint density at radius 3 is 2.10 bits per heavy atom. The summed E-state index contributed by atoms with van der Waals surface area (Å²) in [5, 5.41) is 0. The summed E-state index contributed by atoms with van der Waals surface area (Å²) in [5.41, 5.74) is 7.49. The second-order valence-corrected chi connectivity index (χ2v) is 13.9. The first-order valence-corrected chi connectivity index (χ1v) is 18.2. The number of fused-ring (bicyclic) bond motifs is 1. The van der Waals surface area contributed by atoms with Gasteiger partial charge in [0.05, 0.1) is 39.3 Å². The molecule has 49 heavy (non-hydrogen) atoms. The molecule has 0 aliphatic carbocycles. The molecule has 0 N–H and O–H groups in total. The van der Waals surface area contributed by atoms with Crippen LogP contribution in [0, 0.1) is 0 Å². The van der Waals surface area contributed by atoms with E-state index in [0.29, 0.717) is 20.6 Å². The predicted molar refractivity (Wildman–Crippen MR) is 200 cm³/mol. The average molecular weight is 682 g/mol. The van der Waals surface area contributed by atoms with Crippen LogP contribution >= 0.6 is 23.1 Å². The molecule has 1 atom stereocenters. The van der Waals surface area contributed by atoms with Crippen molar-refractivity contribution in [1.82, 2.24) is 9.13 Å². The number of esters is 1. The molecule has 0 unspecified atom stereocenters. The smallest absolute Gasteiger partial charge is 0.338 e. The molecule has 1 aliphatic rings. The van der Waals surface area contributed by atoms with Gasteiger partial charge in [-0.05, 0) is 80.1 Å². The number of allylic oxidation sites excluding steroid dienone is 1. The fourth-order valence-electron chi connectivity index (χ4n) is 6.30. The number of thiazole rings is 1. The van der Waals surface area contributed by atoms with Crippen molar-refractivity contribution >= 4 is 35.1 Å². The number of rotatable bonds is 8. The number of carbonyl (C=O) groups excluding carboxylic acids is 1. The molecule has 244 valence electrons. The summed E-state index contributed by atoms with van der Waals surface area (Å²) in [7, 11) is 0. The molecule has 0 saturated heterocycles. The summed E-state index contributed by atoms with van der Waals surface area (Å²) in [6, 6.07) is 40.3. The van der Waals surface area contributed by atoms with Gasteiger partial charge in [-0.25, -0.2) is 9.79 Å². The van der Waals surface area contributed by atoms with Gasteiger partial charge < -0.3 is 9.30 Å². The summed E-state index contributed by atoms with van der Waals surface area (Å²) in [6.07, 6.45) is 3.67. The van der Waals surface area contributed by atoms with Crippen molar-refractivity contribution in [1.29, 1.82) is 0 Å². The molecule has 7 rings (SSSR count). The molecule has 3 heterocycles. The first-order valence-electron chi connectivity index (χ1n) is 16.1. The van der Waals surface area contributed by atoms with Crippen LogP contribution in [0.2, 0.25) is 0 Å². The van der Waals surface area contributed by atoms with E-state index in [2.05, 4.69) is 47.0 Å². The zero-order chi connectivity index (χ0) is 34.1. The standard InChI is InChI=1S/C41H35N3O3S2/c1-26(2)47-40(46)36-27(3)42-41-44(38(36)30-20-22-33(48-4)23-21-30)39(45)35(49-41)25-31-24-34(28-14-8-5-9-15-28)43(32-18-12-7-13-19-32)37(31)29-16-10-6-11-17-29/h5-26,38H,1-4H3/b35-25-/t38-/m1/s1. The van der Waals surface area contributed by atoms with Gasteiger partial charge in [0.15, 0.2) is 4.80 Å². The number of carbonyl (C=O) groups is 1. The van der Waals surface area contributed by atoms with Gasteiger partial charge in [-0.15, -0.1) is 11.8 Å². The molecule has 4 aromatic carbocycles. The van der Waals surface area contributed by atoms with Crippen LogP contribution in [-0.2, 0) is 9.53 Å². The van der Waals surface area contributed by atoms with Crippen LogP contribution in [0.15, 0.2) is 147 Å². The minimum atomic E-state index is -0.678.